The number of hydrogen-bond acceptors (Lipinski definition) is 3. The van der Waals surface area contributed by atoms with Crippen LogP contribution in [-0.2, 0) is 0 Å². The molecule has 90 valence electrons. The maximum Gasteiger partial charge on any atom is 0.164 e. The number of rotatable bonds is 2. The lowest BCUT2D eigenvalue weighted by Crippen LogP contribution is -1.93. The highest BCUT2D eigenvalue weighted by Gasteiger charge is 2.08. The highest BCUT2D eigenvalue weighted by atomic mass is 79.9. The van der Waals surface area contributed by atoms with E-state index in [9.17, 15) is 0 Å². The quantitative estimate of drug-likeness (QED) is 0.797. The summed E-state index contributed by atoms with van der Waals surface area (Å²) in [4.78, 5) is 0. The first-order valence-corrected chi connectivity index (χ1v) is 6.62. The first-order valence-electron chi connectivity index (χ1n) is 5.03. The molecule has 0 aliphatic rings. The summed E-state index contributed by atoms with van der Waals surface area (Å²) in [5.74, 6) is 1.17. The van der Waals surface area contributed by atoms with Crippen molar-refractivity contribution in [2.75, 3.05) is 5.73 Å². The number of hydrogen-bond donors (Lipinski definition) is 1. The van der Waals surface area contributed by atoms with E-state index in [0.717, 1.165) is 4.47 Å². The van der Waals surface area contributed by atoms with Crippen molar-refractivity contribution >= 4 is 37.5 Å². The number of benzene rings is 2. The van der Waals surface area contributed by atoms with Crippen molar-refractivity contribution in [3.63, 3.8) is 0 Å². The number of halogens is 2. The molecule has 3 nitrogen and oxygen atoms in total. The van der Waals surface area contributed by atoms with Crippen molar-refractivity contribution < 1.29 is 4.74 Å². The molecule has 2 aromatic rings. The zero-order valence-electron chi connectivity index (χ0n) is 9.15. The second kappa shape index (κ2) is 5.42. The van der Waals surface area contributed by atoms with Gasteiger partial charge in [-0.3, -0.25) is 0 Å². The van der Waals surface area contributed by atoms with Crippen molar-refractivity contribution in [1.82, 2.24) is 0 Å². The average Bonchev–Trinajstić information content (AvgIpc) is 2.34. The minimum atomic E-state index is 0.546. The van der Waals surface area contributed by atoms with Gasteiger partial charge >= 0.3 is 0 Å². The molecule has 0 radical (unpaired) electrons. The van der Waals surface area contributed by atoms with Crippen LogP contribution in [0.4, 0.5) is 5.69 Å². The third-order valence-electron chi connectivity index (χ3n) is 2.28. The highest BCUT2D eigenvalue weighted by molar-refractivity contribution is 9.10. The molecule has 0 saturated carbocycles. The van der Waals surface area contributed by atoms with Gasteiger partial charge < -0.3 is 10.5 Å². The Kier molecular flexibility index (Phi) is 3.90. The van der Waals surface area contributed by atoms with Crippen LogP contribution in [0.1, 0.15) is 5.56 Å². The minimum Gasteiger partial charge on any atom is -0.454 e. The smallest absolute Gasteiger partial charge is 0.164 e. The number of nitrogen functional groups attached to an aromatic ring is 1. The molecule has 0 amide bonds. The molecular formula is C13H8Br2N2O. The second-order valence-electron chi connectivity index (χ2n) is 3.51. The lowest BCUT2D eigenvalue weighted by atomic mass is 10.2. The summed E-state index contributed by atoms with van der Waals surface area (Å²) >= 11 is 6.69. The second-order valence-corrected chi connectivity index (χ2v) is 5.22. The molecular weight excluding hydrogens is 360 g/mol. The standard InChI is InChI=1S/C13H8Br2N2O/c14-10-2-1-3-12(17)13(10)18-9-5-4-8(7-16)11(15)6-9/h1-6H,17H2. The van der Waals surface area contributed by atoms with E-state index in [1.165, 1.54) is 0 Å². The lowest BCUT2D eigenvalue weighted by Gasteiger charge is -2.10. The van der Waals surface area contributed by atoms with Crippen molar-refractivity contribution in [1.29, 1.82) is 5.26 Å². The number of nitrogens with two attached hydrogens (primary N) is 1. The van der Waals surface area contributed by atoms with Gasteiger partial charge in [-0.05, 0) is 62.2 Å². The third-order valence-corrected chi connectivity index (χ3v) is 3.56. The van der Waals surface area contributed by atoms with Crippen LogP contribution in [0.25, 0.3) is 0 Å². The van der Waals surface area contributed by atoms with Crippen molar-refractivity contribution in [2.45, 2.75) is 0 Å². The van der Waals surface area contributed by atoms with Gasteiger partial charge in [0.1, 0.15) is 11.8 Å². The topological polar surface area (TPSA) is 59.0 Å². The van der Waals surface area contributed by atoms with Gasteiger partial charge in [0.25, 0.3) is 0 Å². The molecule has 0 heterocycles. The molecule has 2 aromatic carbocycles. The van der Waals surface area contributed by atoms with Crippen molar-refractivity contribution in [2.24, 2.45) is 0 Å². The minimum absolute atomic E-state index is 0.546. The van der Waals surface area contributed by atoms with Gasteiger partial charge in [0.05, 0.1) is 15.7 Å². The van der Waals surface area contributed by atoms with Crippen LogP contribution in [-0.4, -0.2) is 0 Å². The van der Waals surface area contributed by atoms with Crippen LogP contribution in [0.3, 0.4) is 0 Å². The van der Waals surface area contributed by atoms with Crippen LogP contribution in [0.15, 0.2) is 45.3 Å². The lowest BCUT2D eigenvalue weighted by molar-refractivity contribution is 0.481. The van der Waals surface area contributed by atoms with Gasteiger partial charge in [0.2, 0.25) is 0 Å². The maximum atomic E-state index is 8.84. The van der Waals surface area contributed by atoms with Gasteiger partial charge in [-0.2, -0.15) is 5.26 Å². The summed E-state index contributed by atoms with van der Waals surface area (Å²) in [6, 6.07) is 12.7. The Bertz CT molecular complexity index is 615. The summed E-state index contributed by atoms with van der Waals surface area (Å²) < 4.78 is 7.18. The first-order chi connectivity index (χ1) is 8.61. The van der Waals surface area contributed by atoms with Gasteiger partial charge in [-0.25, -0.2) is 0 Å². The molecule has 0 fully saturated rings. The zero-order valence-corrected chi connectivity index (χ0v) is 12.3. The van der Waals surface area contributed by atoms with E-state index in [0.29, 0.717) is 27.2 Å². The van der Waals surface area contributed by atoms with Gasteiger partial charge in [0.15, 0.2) is 5.75 Å². The van der Waals surface area contributed by atoms with Crippen LogP contribution < -0.4 is 10.5 Å². The molecule has 0 unspecified atom stereocenters. The molecule has 0 aromatic heterocycles. The van der Waals surface area contributed by atoms with Crippen LogP contribution >= 0.6 is 31.9 Å². The Balaban J connectivity index is 2.35. The van der Waals surface area contributed by atoms with E-state index >= 15 is 0 Å². The Labute approximate surface area is 121 Å². The molecule has 2 N–H and O–H groups in total. The Hall–Kier alpha value is -1.51. The van der Waals surface area contributed by atoms with E-state index in [1.54, 1.807) is 24.3 Å². The Morgan fingerprint density at radius 1 is 1.11 bits per heavy atom. The van der Waals surface area contributed by atoms with Gasteiger partial charge in [-0.1, -0.05) is 6.07 Å². The van der Waals surface area contributed by atoms with E-state index in [4.69, 9.17) is 15.7 Å². The highest BCUT2D eigenvalue weighted by Crippen LogP contribution is 2.35. The Morgan fingerprint density at radius 3 is 2.50 bits per heavy atom. The van der Waals surface area contributed by atoms with Crippen molar-refractivity contribution in [3.05, 3.63) is 50.9 Å². The molecule has 0 saturated heterocycles. The summed E-state index contributed by atoms with van der Waals surface area (Å²) in [6.45, 7) is 0. The fraction of sp³-hybridized carbons (Fsp3) is 0. The molecule has 0 aliphatic carbocycles. The summed E-state index contributed by atoms with van der Waals surface area (Å²) in [6.07, 6.45) is 0. The molecule has 0 atom stereocenters. The predicted octanol–water partition coefficient (Wildman–Crippen LogP) is 4.46. The number of anilines is 1. The molecule has 5 heteroatoms. The molecule has 18 heavy (non-hydrogen) atoms. The molecule has 2 rings (SSSR count). The summed E-state index contributed by atoms with van der Waals surface area (Å²) in [5, 5.41) is 8.84. The molecule has 0 bridgehead atoms. The number of para-hydroxylation sites is 1. The number of nitrogens with zero attached hydrogens (tertiary/aromatic N) is 1. The number of ether oxygens (including phenoxy) is 1. The average molecular weight is 368 g/mol. The van der Waals surface area contributed by atoms with Crippen LogP contribution in [0, 0.1) is 11.3 Å². The van der Waals surface area contributed by atoms with Crippen molar-refractivity contribution in [3.8, 4) is 17.6 Å². The van der Waals surface area contributed by atoms with E-state index in [2.05, 4.69) is 37.9 Å². The van der Waals surface area contributed by atoms with Gasteiger partial charge in [0, 0.05) is 4.47 Å². The predicted molar refractivity (Wildman–Crippen MR) is 77.5 cm³/mol. The molecule has 0 spiro atoms. The number of nitriles is 1. The third kappa shape index (κ3) is 2.66. The largest absolute Gasteiger partial charge is 0.454 e. The molecule has 0 aliphatic heterocycles. The fourth-order valence-electron chi connectivity index (χ4n) is 1.40. The van der Waals surface area contributed by atoms with E-state index in [1.807, 2.05) is 12.1 Å². The SMILES string of the molecule is N#Cc1ccc(Oc2c(N)cccc2Br)cc1Br. The fourth-order valence-corrected chi connectivity index (χ4v) is 2.31. The van der Waals surface area contributed by atoms with E-state index < -0.39 is 0 Å². The van der Waals surface area contributed by atoms with E-state index in [-0.39, 0.29) is 0 Å². The Morgan fingerprint density at radius 2 is 1.89 bits per heavy atom. The van der Waals surface area contributed by atoms with Gasteiger partial charge in [-0.15, -0.1) is 0 Å². The first kappa shape index (κ1) is 12.9. The monoisotopic (exact) mass is 366 g/mol. The van der Waals surface area contributed by atoms with Crippen LogP contribution in [0.2, 0.25) is 0 Å². The summed E-state index contributed by atoms with van der Waals surface area (Å²) in [7, 11) is 0. The van der Waals surface area contributed by atoms with Crippen LogP contribution in [0.5, 0.6) is 11.5 Å². The maximum absolute atomic E-state index is 8.84. The summed E-state index contributed by atoms with van der Waals surface area (Å²) in [5.41, 5.74) is 6.95. The zero-order chi connectivity index (χ0) is 13.1. The normalized spacial score (nSPS) is 9.83.